The van der Waals surface area contributed by atoms with Crippen LogP contribution in [0.25, 0.3) is 0 Å². The Morgan fingerprint density at radius 1 is 1.43 bits per heavy atom. The lowest BCUT2D eigenvalue weighted by Crippen LogP contribution is -2.22. The van der Waals surface area contributed by atoms with Crippen molar-refractivity contribution in [1.29, 1.82) is 0 Å². The number of carbonyl (C=O) groups excluding carboxylic acids is 1. The Labute approximate surface area is 135 Å². The third-order valence-electron chi connectivity index (χ3n) is 3.16. The lowest BCUT2D eigenvalue weighted by atomic mass is 10.2. The summed E-state index contributed by atoms with van der Waals surface area (Å²) in [6, 6.07) is 8.27. The van der Waals surface area contributed by atoms with Crippen molar-refractivity contribution in [3.05, 3.63) is 39.2 Å². The highest BCUT2D eigenvalue weighted by Gasteiger charge is 2.24. The van der Waals surface area contributed by atoms with Crippen LogP contribution in [-0.4, -0.2) is 16.9 Å². The second-order valence-corrected chi connectivity index (χ2v) is 6.78. The van der Waals surface area contributed by atoms with Crippen LogP contribution < -0.4 is 16.4 Å². The van der Waals surface area contributed by atoms with E-state index in [9.17, 15) is 4.79 Å². The van der Waals surface area contributed by atoms with E-state index in [1.165, 1.54) is 11.3 Å². The van der Waals surface area contributed by atoms with Crippen LogP contribution in [0.5, 0.6) is 0 Å². The van der Waals surface area contributed by atoms with Crippen molar-refractivity contribution in [2.75, 3.05) is 11.1 Å². The normalized spacial score (nSPS) is 14.0. The molecule has 1 aliphatic carbocycles. The molecule has 0 bridgehead atoms. The molecule has 3 rings (SSSR count). The van der Waals surface area contributed by atoms with Crippen LogP contribution in [0.1, 0.15) is 28.1 Å². The zero-order valence-corrected chi connectivity index (χ0v) is 13.6. The number of benzene rings is 1. The Morgan fingerprint density at radius 3 is 2.90 bits per heavy atom. The van der Waals surface area contributed by atoms with E-state index in [0.717, 1.165) is 28.0 Å². The molecule has 0 atom stereocenters. The number of nitrogen functional groups attached to an aromatic ring is 1. The third-order valence-corrected chi connectivity index (χ3v) is 4.94. The van der Waals surface area contributed by atoms with Gasteiger partial charge in [0.1, 0.15) is 10.7 Å². The van der Waals surface area contributed by atoms with Gasteiger partial charge in [0.15, 0.2) is 5.13 Å². The molecule has 0 aliphatic heterocycles. The molecule has 0 spiro atoms. The second kappa shape index (κ2) is 6.03. The van der Waals surface area contributed by atoms with E-state index in [-0.39, 0.29) is 11.7 Å². The first kappa shape index (κ1) is 14.3. The molecule has 0 radical (unpaired) electrons. The molecule has 0 saturated heterocycles. The van der Waals surface area contributed by atoms with Crippen LogP contribution in [0.2, 0.25) is 0 Å². The number of carbonyl (C=O) groups is 1. The Kier molecular flexibility index (Phi) is 4.12. The number of anilines is 2. The summed E-state index contributed by atoms with van der Waals surface area (Å²) in [5, 5.41) is 6.85. The van der Waals surface area contributed by atoms with Crippen molar-refractivity contribution in [2.24, 2.45) is 0 Å². The van der Waals surface area contributed by atoms with Crippen LogP contribution in [0, 0.1) is 0 Å². The maximum Gasteiger partial charge on any atom is 0.265 e. The number of halogens is 1. The summed E-state index contributed by atoms with van der Waals surface area (Å²) in [4.78, 5) is 16.9. The van der Waals surface area contributed by atoms with Gasteiger partial charge in [-0.2, -0.15) is 0 Å². The summed E-state index contributed by atoms with van der Waals surface area (Å²) >= 11 is 4.76. The molecule has 1 amide bonds. The van der Waals surface area contributed by atoms with Gasteiger partial charge in [-0.25, -0.2) is 4.98 Å². The number of aromatic nitrogens is 1. The first-order valence-electron chi connectivity index (χ1n) is 6.68. The number of nitrogens with one attached hydrogen (secondary N) is 2. The standard InChI is InChI=1S/C14H15BrN4OS/c15-10-4-2-1-3-8(10)7-17-13(20)11-12(16)19-14(21-11)18-9-5-6-9/h1-4,9H,5-7,16H2,(H,17,20)(H,18,19). The van der Waals surface area contributed by atoms with Gasteiger partial charge in [0.25, 0.3) is 5.91 Å². The van der Waals surface area contributed by atoms with Gasteiger partial charge >= 0.3 is 0 Å². The number of hydrogen-bond donors (Lipinski definition) is 3. The summed E-state index contributed by atoms with van der Waals surface area (Å²) in [6.45, 7) is 0.447. The van der Waals surface area contributed by atoms with Crippen LogP contribution in [0.4, 0.5) is 10.9 Å². The lowest BCUT2D eigenvalue weighted by Gasteiger charge is -2.06. The number of thiazole rings is 1. The molecule has 110 valence electrons. The van der Waals surface area contributed by atoms with E-state index >= 15 is 0 Å². The average molecular weight is 367 g/mol. The minimum absolute atomic E-state index is 0.190. The van der Waals surface area contributed by atoms with Crippen LogP contribution in [0.3, 0.4) is 0 Å². The van der Waals surface area contributed by atoms with E-state index in [1.54, 1.807) is 0 Å². The fraction of sp³-hybridized carbons (Fsp3) is 0.286. The van der Waals surface area contributed by atoms with E-state index < -0.39 is 0 Å². The van der Waals surface area contributed by atoms with Gasteiger partial charge in [0.05, 0.1) is 0 Å². The monoisotopic (exact) mass is 366 g/mol. The largest absolute Gasteiger partial charge is 0.382 e. The molecule has 1 aliphatic rings. The Morgan fingerprint density at radius 2 is 2.19 bits per heavy atom. The molecular weight excluding hydrogens is 352 g/mol. The fourth-order valence-electron chi connectivity index (χ4n) is 1.86. The molecule has 1 fully saturated rings. The molecule has 2 aromatic rings. The first-order chi connectivity index (χ1) is 10.1. The van der Waals surface area contributed by atoms with Gasteiger partial charge in [-0.15, -0.1) is 0 Å². The molecule has 7 heteroatoms. The number of nitrogens with two attached hydrogens (primary N) is 1. The van der Waals surface area contributed by atoms with Crippen molar-refractivity contribution >= 4 is 44.1 Å². The lowest BCUT2D eigenvalue weighted by molar-refractivity contribution is 0.0955. The number of hydrogen-bond acceptors (Lipinski definition) is 5. The van der Waals surface area contributed by atoms with Gasteiger partial charge < -0.3 is 16.4 Å². The topological polar surface area (TPSA) is 80.0 Å². The maximum absolute atomic E-state index is 12.2. The van der Waals surface area contributed by atoms with Gasteiger partial charge in [0.2, 0.25) is 0 Å². The van der Waals surface area contributed by atoms with E-state index in [2.05, 4.69) is 31.5 Å². The van der Waals surface area contributed by atoms with Crippen molar-refractivity contribution in [3.63, 3.8) is 0 Å². The van der Waals surface area contributed by atoms with E-state index in [1.807, 2.05) is 24.3 Å². The molecule has 1 aromatic carbocycles. The maximum atomic E-state index is 12.2. The zero-order valence-electron chi connectivity index (χ0n) is 11.2. The Hall–Kier alpha value is -1.60. The quantitative estimate of drug-likeness (QED) is 0.759. The van der Waals surface area contributed by atoms with Gasteiger partial charge in [-0.1, -0.05) is 45.5 Å². The Bertz CT molecular complexity index is 669. The summed E-state index contributed by atoms with van der Waals surface area (Å²) in [6.07, 6.45) is 2.31. The highest BCUT2D eigenvalue weighted by atomic mass is 79.9. The van der Waals surface area contributed by atoms with Crippen molar-refractivity contribution in [2.45, 2.75) is 25.4 Å². The molecule has 1 aromatic heterocycles. The van der Waals surface area contributed by atoms with Gasteiger partial charge in [0, 0.05) is 17.1 Å². The molecule has 21 heavy (non-hydrogen) atoms. The number of rotatable bonds is 5. The highest BCUT2D eigenvalue weighted by molar-refractivity contribution is 9.10. The second-order valence-electron chi connectivity index (χ2n) is 4.93. The van der Waals surface area contributed by atoms with E-state index in [0.29, 0.717) is 17.5 Å². The summed E-state index contributed by atoms with van der Waals surface area (Å²) in [7, 11) is 0. The predicted octanol–water partition coefficient (Wildman–Crippen LogP) is 2.99. The van der Waals surface area contributed by atoms with Crippen LogP contribution in [-0.2, 0) is 6.54 Å². The first-order valence-corrected chi connectivity index (χ1v) is 8.29. The Balaban J connectivity index is 1.64. The van der Waals surface area contributed by atoms with E-state index in [4.69, 9.17) is 5.73 Å². The predicted molar refractivity (Wildman–Crippen MR) is 88.5 cm³/mol. The molecule has 0 unspecified atom stereocenters. The molecule has 4 N–H and O–H groups in total. The molecular formula is C14H15BrN4OS. The van der Waals surface area contributed by atoms with Crippen LogP contribution >= 0.6 is 27.3 Å². The smallest absolute Gasteiger partial charge is 0.265 e. The molecule has 1 saturated carbocycles. The van der Waals surface area contributed by atoms with Crippen molar-refractivity contribution in [1.82, 2.24) is 10.3 Å². The summed E-state index contributed by atoms with van der Waals surface area (Å²) in [5.74, 6) is 0.0948. The van der Waals surface area contributed by atoms with Crippen LogP contribution in [0.15, 0.2) is 28.7 Å². The van der Waals surface area contributed by atoms with Crippen molar-refractivity contribution < 1.29 is 4.79 Å². The summed E-state index contributed by atoms with van der Waals surface area (Å²) < 4.78 is 0.971. The minimum Gasteiger partial charge on any atom is -0.382 e. The summed E-state index contributed by atoms with van der Waals surface area (Å²) in [5.41, 5.74) is 6.85. The fourth-order valence-corrected chi connectivity index (χ4v) is 3.16. The van der Waals surface area contributed by atoms with Crippen molar-refractivity contribution in [3.8, 4) is 0 Å². The average Bonchev–Trinajstić information content (AvgIpc) is 3.19. The van der Waals surface area contributed by atoms with Gasteiger partial charge in [-0.3, -0.25) is 4.79 Å². The number of nitrogens with zero attached hydrogens (tertiary/aromatic N) is 1. The SMILES string of the molecule is Nc1nc(NC2CC2)sc1C(=O)NCc1ccccc1Br. The molecule has 1 heterocycles. The third kappa shape index (κ3) is 3.54. The highest BCUT2D eigenvalue weighted by Crippen LogP contribution is 2.30. The zero-order chi connectivity index (χ0) is 14.8. The molecule has 5 nitrogen and oxygen atoms in total. The van der Waals surface area contributed by atoms with Gasteiger partial charge in [-0.05, 0) is 24.5 Å². The number of amides is 1. The minimum atomic E-state index is -0.190.